The largest absolute Gasteiger partial charge is 0.493 e. The van der Waals surface area contributed by atoms with Gasteiger partial charge < -0.3 is 24.4 Å². The van der Waals surface area contributed by atoms with Crippen molar-refractivity contribution in [3.63, 3.8) is 0 Å². The number of nitrogens with one attached hydrogen (secondary N) is 2. The smallest absolute Gasteiger partial charge is 0.223 e. The first-order valence-electron chi connectivity index (χ1n) is 11.9. The van der Waals surface area contributed by atoms with Gasteiger partial charge in [-0.1, -0.05) is 25.1 Å². The number of rotatable bonds is 10. The third kappa shape index (κ3) is 6.39. The van der Waals surface area contributed by atoms with E-state index in [9.17, 15) is 4.79 Å². The summed E-state index contributed by atoms with van der Waals surface area (Å²) in [5.41, 5.74) is 2.44. The summed E-state index contributed by atoms with van der Waals surface area (Å²) >= 11 is 0. The van der Waals surface area contributed by atoms with Crippen molar-refractivity contribution in [1.82, 2.24) is 5.32 Å². The molecule has 32 heavy (non-hydrogen) atoms. The number of hydrogen-bond donors (Lipinski definition) is 2. The highest BCUT2D eigenvalue weighted by molar-refractivity contribution is 5.76. The maximum absolute atomic E-state index is 12.7. The first-order valence-corrected chi connectivity index (χ1v) is 11.9. The topological polar surface area (TPSA) is 61.2 Å². The zero-order valence-electron chi connectivity index (χ0n) is 19.0. The van der Waals surface area contributed by atoms with E-state index in [1.54, 1.807) is 4.90 Å². The van der Waals surface area contributed by atoms with Crippen LogP contribution in [0.2, 0.25) is 0 Å². The van der Waals surface area contributed by atoms with Crippen molar-refractivity contribution in [1.29, 1.82) is 0 Å². The van der Waals surface area contributed by atoms with E-state index >= 15 is 0 Å². The van der Waals surface area contributed by atoms with E-state index < -0.39 is 0 Å². The fourth-order valence-corrected chi connectivity index (χ4v) is 4.48. The highest BCUT2D eigenvalue weighted by Gasteiger charge is 2.23. The lowest BCUT2D eigenvalue weighted by Gasteiger charge is -2.24. The molecule has 2 aliphatic heterocycles. The SMILES string of the molecule is CCc1ccc(OCCC(=O)N[C@@H](Cc2ccc3c(c2)OCCO3)C[NH+]2CCCC2)cc1. The van der Waals surface area contributed by atoms with Crippen molar-refractivity contribution in [2.45, 2.75) is 45.1 Å². The highest BCUT2D eigenvalue weighted by Crippen LogP contribution is 2.31. The van der Waals surface area contributed by atoms with E-state index in [-0.39, 0.29) is 11.9 Å². The molecule has 2 heterocycles. The summed E-state index contributed by atoms with van der Waals surface area (Å²) in [7, 11) is 0. The number of likely N-dealkylation sites (tertiary alicyclic amines) is 1. The Hall–Kier alpha value is -2.73. The van der Waals surface area contributed by atoms with Gasteiger partial charge in [0.05, 0.1) is 38.7 Å². The lowest BCUT2D eigenvalue weighted by molar-refractivity contribution is -0.888. The second kappa shape index (κ2) is 11.2. The van der Waals surface area contributed by atoms with E-state index in [0.717, 1.165) is 42.2 Å². The van der Waals surface area contributed by atoms with Gasteiger partial charge in [-0.2, -0.15) is 0 Å². The molecule has 0 spiro atoms. The quantitative estimate of drug-likeness (QED) is 0.596. The molecule has 2 aromatic carbocycles. The monoisotopic (exact) mass is 439 g/mol. The lowest BCUT2D eigenvalue weighted by Crippen LogP contribution is -3.11. The molecule has 2 N–H and O–H groups in total. The molecule has 2 aromatic rings. The number of amides is 1. The van der Waals surface area contributed by atoms with E-state index in [4.69, 9.17) is 14.2 Å². The van der Waals surface area contributed by atoms with Crippen molar-refractivity contribution in [3.05, 3.63) is 53.6 Å². The average molecular weight is 440 g/mol. The Bertz CT molecular complexity index is 878. The molecule has 6 nitrogen and oxygen atoms in total. The first kappa shape index (κ1) is 22.5. The highest BCUT2D eigenvalue weighted by atomic mass is 16.6. The predicted molar refractivity (Wildman–Crippen MR) is 124 cm³/mol. The number of carbonyl (C=O) groups excluding carboxylic acids is 1. The van der Waals surface area contributed by atoms with E-state index in [0.29, 0.717) is 26.2 Å². The number of hydrogen-bond acceptors (Lipinski definition) is 4. The summed E-state index contributed by atoms with van der Waals surface area (Å²) in [5, 5.41) is 3.27. The minimum absolute atomic E-state index is 0.0383. The molecule has 4 rings (SSSR count). The molecular weight excluding hydrogens is 404 g/mol. The van der Waals surface area contributed by atoms with Crippen LogP contribution in [-0.2, 0) is 17.6 Å². The third-order valence-corrected chi connectivity index (χ3v) is 6.23. The average Bonchev–Trinajstić information content (AvgIpc) is 3.32. The van der Waals surface area contributed by atoms with E-state index in [1.165, 1.54) is 31.5 Å². The lowest BCUT2D eigenvalue weighted by atomic mass is 10.0. The van der Waals surface area contributed by atoms with Gasteiger partial charge in [0.25, 0.3) is 0 Å². The van der Waals surface area contributed by atoms with Crippen LogP contribution in [0.1, 0.15) is 37.3 Å². The van der Waals surface area contributed by atoms with Gasteiger partial charge in [-0.25, -0.2) is 0 Å². The van der Waals surface area contributed by atoms with Gasteiger partial charge in [0.1, 0.15) is 19.0 Å². The van der Waals surface area contributed by atoms with Crippen LogP contribution in [0.25, 0.3) is 0 Å². The molecule has 1 amide bonds. The van der Waals surface area contributed by atoms with Gasteiger partial charge in [0, 0.05) is 12.8 Å². The zero-order valence-corrected chi connectivity index (χ0v) is 19.0. The normalized spacial score (nSPS) is 16.5. The van der Waals surface area contributed by atoms with Gasteiger partial charge in [-0.15, -0.1) is 0 Å². The van der Waals surface area contributed by atoms with Crippen LogP contribution in [0.15, 0.2) is 42.5 Å². The second-order valence-electron chi connectivity index (χ2n) is 8.70. The van der Waals surface area contributed by atoms with Gasteiger partial charge in [-0.3, -0.25) is 4.79 Å². The second-order valence-corrected chi connectivity index (χ2v) is 8.70. The number of benzene rings is 2. The Labute approximate surface area is 190 Å². The van der Waals surface area contributed by atoms with Gasteiger partial charge in [0.2, 0.25) is 5.91 Å². The fraction of sp³-hybridized carbons (Fsp3) is 0.500. The van der Waals surface area contributed by atoms with Crippen molar-refractivity contribution in [2.24, 2.45) is 0 Å². The molecule has 0 bridgehead atoms. The molecule has 172 valence electrons. The number of ether oxygens (including phenoxy) is 3. The van der Waals surface area contributed by atoms with Crippen molar-refractivity contribution < 1.29 is 23.9 Å². The Balaban J connectivity index is 1.31. The Morgan fingerprint density at radius 1 is 1.03 bits per heavy atom. The minimum Gasteiger partial charge on any atom is -0.493 e. The van der Waals surface area contributed by atoms with Crippen LogP contribution < -0.4 is 24.4 Å². The van der Waals surface area contributed by atoms with Crippen LogP contribution in [-0.4, -0.2) is 51.4 Å². The fourth-order valence-electron chi connectivity index (χ4n) is 4.48. The Kier molecular flexibility index (Phi) is 7.88. The van der Waals surface area contributed by atoms with Crippen LogP contribution in [0.5, 0.6) is 17.2 Å². The van der Waals surface area contributed by atoms with Crippen molar-refractivity contribution in [3.8, 4) is 17.2 Å². The van der Waals surface area contributed by atoms with E-state index in [1.807, 2.05) is 18.2 Å². The number of fused-ring (bicyclic) bond motifs is 1. The molecule has 6 heteroatoms. The maximum Gasteiger partial charge on any atom is 0.223 e. The molecule has 0 aliphatic carbocycles. The number of aryl methyl sites for hydroxylation is 1. The predicted octanol–water partition coefficient (Wildman–Crippen LogP) is 2.20. The number of carbonyl (C=O) groups is 1. The Morgan fingerprint density at radius 2 is 1.75 bits per heavy atom. The number of quaternary nitrogens is 1. The minimum atomic E-state index is 0.0383. The molecule has 2 aliphatic rings. The molecule has 0 radical (unpaired) electrons. The van der Waals surface area contributed by atoms with Gasteiger partial charge in [0.15, 0.2) is 11.5 Å². The van der Waals surface area contributed by atoms with Crippen LogP contribution in [0.3, 0.4) is 0 Å². The van der Waals surface area contributed by atoms with E-state index in [2.05, 4.69) is 36.5 Å². The summed E-state index contributed by atoms with van der Waals surface area (Å²) in [6, 6.07) is 14.3. The zero-order chi connectivity index (χ0) is 22.2. The molecule has 0 unspecified atom stereocenters. The van der Waals surface area contributed by atoms with Gasteiger partial charge >= 0.3 is 0 Å². The molecule has 1 saturated heterocycles. The Morgan fingerprint density at radius 3 is 2.50 bits per heavy atom. The molecule has 0 aromatic heterocycles. The van der Waals surface area contributed by atoms with Gasteiger partial charge in [-0.05, 0) is 48.2 Å². The first-order chi connectivity index (χ1) is 15.7. The van der Waals surface area contributed by atoms with Crippen LogP contribution in [0, 0.1) is 0 Å². The summed E-state index contributed by atoms with van der Waals surface area (Å²) in [6.45, 7) is 6.99. The molecule has 0 saturated carbocycles. The standard InChI is InChI=1S/C26H34N2O4/c1-2-20-5-8-23(9-6-20)30-14-11-26(29)27-22(19-28-12-3-4-13-28)17-21-7-10-24-25(18-21)32-16-15-31-24/h5-10,18,22H,2-4,11-17,19H2,1H3,(H,27,29)/p+1/t22-/m0/s1. The molecular formula is C26H35N2O4+. The molecule has 1 atom stereocenters. The van der Waals surface area contributed by atoms with Crippen molar-refractivity contribution in [2.75, 3.05) is 39.5 Å². The molecule has 1 fully saturated rings. The summed E-state index contributed by atoms with van der Waals surface area (Å²) in [6.07, 6.45) is 4.68. The summed E-state index contributed by atoms with van der Waals surface area (Å²) in [4.78, 5) is 14.3. The van der Waals surface area contributed by atoms with Crippen molar-refractivity contribution >= 4 is 5.91 Å². The summed E-state index contributed by atoms with van der Waals surface area (Å²) in [5.74, 6) is 2.45. The van der Waals surface area contributed by atoms with Crippen LogP contribution in [0.4, 0.5) is 0 Å². The third-order valence-electron chi connectivity index (χ3n) is 6.23. The summed E-state index contributed by atoms with van der Waals surface area (Å²) < 4.78 is 17.1. The van der Waals surface area contributed by atoms with Crippen LogP contribution >= 0.6 is 0 Å². The maximum atomic E-state index is 12.7.